The number of hydrogen-bond acceptors (Lipinski definition) is 4. The molecule has 1 fully saturated rings. The molecule has 1 aromatic heterocycles. The number of hydrogen-bond donors (Lipinski definition) is 1. The molecular weight excluding hydrogens is 278 g/mol. The predicted molar refractivity (Wildman–Crippen MR) is 87.3 cm³/mol. The van der Waals surface area contributed by atoms with Gasteiger partial charge in [-0.3, -0.25) is 9.48 Å². The molecule has 1 aliphatic heterocycles. The molecule has 3 rings (SSSR count). The summed E-state index contributed by atoms with van der Waals surface area (Å²) in [6, 6.07) is 8.01. The first-order valence-corrected chi connectivity index (χ1v) is 7.45. The van der Waals surface area contributed by atoms with E-state index in [0.717, 1.165) is 31.9 Å². The van der Waals surface area contributed by atoms with Crippen molar-refractivity contribution in [1.82, 2.24) is 14.7 Å². The Hall–Kier alpha value is -2.34. The quantitative estimate of drug-likeness (QED) is 0.931. The van der Waals surface area contributed by atoms with Gasteiger partial charge in [0.1, 0.15) is 0 Å². The SMILES string of the molecule is CN1CCN(c2ccc(NC(=O)c3cnn(C)c3)cc2)CC1. The molecule has 0 aliphatic carbocycles. The molecule has 2 heterocycles. The van der Waals surface area contributed by atoms with E-state index in [1.54, 1.807) is 24.1 Å². The zero-order valence-corrected chi connectivity index (χ0v) is 13.0. The highest BCUT2D eigenvalue weighted by molar-refractivity contribution is 6.03. The highest BCUT2D eigenvalue weighted by atomic mass is 16.1. The maximum atomic E-state index is 12.1. The maximum absolute atomic E-state index is 12.1. The normalized spacial score (nSPS) is 15.8. The van der Waals surface area contributed by atoms with Crippen molar-refractivity contribution in [3.8, 4) is 0 Å². The van der Waals surface area contributed by atoms with Gasteiger partial charge in [0.25, 0.3) is 5.91 Å². The lowest BCUT2D eigenvalue weighted by Crippen LogP contribution is -2.44. The summed E-state index contributed by atoms with van der Waals surface area (Å²) in [6.45, 7) is 4.24. The zero-order valence-electron chi connectivity index (χ0n) is 13.0. The van der Waals surface area contributed by atoms with Crippen LogP contribution < -0.4 is 10.2 Å². The summed E-state index contributed by atoms with van der Waals surface area (Å²) >= 11 is 0. The number of carbonyl (C=O) groups is 1. The summed E-state index contributed by atoms with van der Waals surface area (Å²) in [5.41, 5.74) is 2.56. The third-order valence-corrected chi connectivity index (χ3v) is 3.96. The van der Waals surface area contributed by atoms with Crippen LogP contribution in [0.1, 0.15) is 10.4 Å². The standard InChI is InChI=1S/C16H21N5O/c1-19-7-9-21(10-8-19)15-5-3-14(4-6-15)18-16(22)13-11-17-20(2)12-13/h3-6,11-12H,7-10H2,1-2H3,(H,18,22). The number of benzene rings is 1. The van der Waals surface area contributed by atoms with E-state index in [4.69, 9.17) is 0 Å². The Kier molecular flexibility index (Phi) is 4.11. The lowest BCUT2D eigenvalue weighted by atomic mass is 10.2. The van der Waals surface area contributed by atoms with Crippen molar-refractivity contribution < 1.29 is 4.79 Å². The number of nitrogens with one attached hydrogen (secondary N) is 1. The number of amides is 1. The van der Waals surface area contributed by atoms with Crippen molar-refractivity contribution >= 4 is 17.3 Å². The Labute approximate surface area is 130 Å². The molecule has 6 nitrogen and oxygen atoms in total. The van der Waals surface area contributed by atoms with E-state index in [9.17, 15) is 4.79 Å². The van der Waals surface area contributed by atoms with Crippen molar-refractivity contribution in [2.24, 2.45) is 7.05 Å². The van der Waals surface area contributed by atoms with Gasteiger partial charge in [0, 0.05) is 50.8 Å². The molecule has 1 N–H and O–H groups in total. The van der Waals surface area contributed by atoms with E-state index in [1.165, 1.54) is 5.69 Å². The van der Waals surface area contributed by atoms with Crippen LogP contribution in [-0.2, 0) is 7.05 Å². The second-order valence-corrected chi connectivity index (χ2v) is 5.69. The number of nitrogens with zero attached hydrogens (tertiary/aromatic N) is 4. The number of aromatic nitrogens is 2. The van der Waals surface area contributed by atoms with Crippen LogP contribution in [0.4, 0.5) is 11.4 Å². The average molecular weight is 299 g/mol. The van der Waals surface area contributed by atoms with Crippen LogP contribution in [0.5, 0.6) is 0 Å². The molecule has 0 atom stereocenters. The zero-order chi connectivity index (χ0) is 15.5. The third kappa shape index (κ3) is 3.28. The molecule has 0 unspecified atom stereocenters. The lowest BCUT2D eigenvalue weighted by Gasteiger charge is -2.34. The van der Waals surface area contributed by atoms with E-state index >= 15 is 0 Å². The van der Waals surface area contributed by atoms with Gasteiger partial charge in [0.05, 0.1) is 11.8 Å². The van der Waals surface area contributed by atoms with E-state index in [1.807, 2.05) is 12.1 Å². The number of piperazine rings is 1. The smallest absolute Gasteiger partial charge is 0.258 e. The summed E-state index contributed by atoms with van der Waals surface area (Å²) in [7, 11) is 3.94. The van der Waals surface area contributed by atoms with Gasteiger partial charge in [-0.2, -0.15) is 5.10 Å². The molecule has 2 aromatic rings. The molecular formula is C16H21N5O. The fraction of sp³-hybridized carbons (Fsp3) is 0.375. The van der Waals surface area contributed by atoms with Crippen molar-refractivity contribution in [3.63, 3.8) is 0 Å². The summed E-state index contributed by atoms with van der Waals surface area (Å²) in [6.07, 6.45) is 3.27. The van der Waals surface area contributed by atoms with Crippen molar-refractivity contribution in [2.75, 3.05) is 43.4 Å². The van der Waals surface area contributed by atoms with Crippen LogP contribution in [-0.4, -0.2) is 53.8 Å². The molecule has 0 spiro atoms. The largest absolute Gasteiger partial charge is 0.369 e. The van der Waals surface area contributed by atoms with E-state index in [-0.39, 0.29) is 5.91 Å². The highest BCUT2D eigenvalue weighted by Crippen LogP contribution is 2.19. The van der Waals surface area contributed by atoms with Crippen molar-refractivity contribution in [2.45, 2.75) is 0 Å². The van der Waals surface area contributed by atoms with Crippen molar-refractivity contribution in [1.29, 1.82) is 0 Å². The fourth-order valence-corrected chi connectivity index (χ4v) is 2.56. The van der Waals surface area contributed by atoms with Crippen LogP contribution in [0.2, 0.25) is 0 Å². The summed E-state index contributed by atoms with van der Waals surface area (Å²) in [5.74, 6) is -0.138. The summed E-state index contributed by atoms with van der Waals surface area (Å²) in [5, 5.41) is 6.90. The lowest BCUT2D eigenvalue weighted by molar-refractivity contribution is 0.102. The molecule has 0 bridgehead atoms. The second-order valence-electron chi connectivity index (χ2n) is 5.69. The highest BCUT2D eigenvalue weighted by Gasteiger charge is 2.14. The first-order chi connectivity index (χ1) is 10.6. The minimum absolute atomic E-state index is 0.138. The first-order valence-electron chi connectivity index (χ1n) is 7.45. The van der Waals surface area contributed by atoms with Gasteiger partial charge in [-0.25, -0.2) is 0 Å². The van der Waals surface area contributed by atoms with Crippen LogP contribution in [0.15, 0.2) is 36.7 Å². The molecule has 1 saturated heterocycles. The molecule has 6 heteroatoms. The van der Waals surface area contributed by atoms with Crippen molar-refractivity contribution in [3.05, 3.63) is 42.2 Å². The summed E-state index contributed by atoms with van der Waals surface area (Å²) in [4.78, 5) is 16.8. The molecule has 22 heavy (non-hydrogen) atoms. The Bertz CT molecular complexity index is 641. The van der Waals surface area contributed by atoms with Crippen LogP contribution >= 0.6 is 0 Å². The monoisotopic (exact) mass is 299 g/mol. The predicted octanol–water partition coefficient (Wildman–Crippen LogP) is 1.42. The average Bonchev–Trinajstić information content (AvgIpc) is 2.96. The number of aryl methyl sites for hydroxylation is 1. The van der Waals surface area contributed by atoms with Gasteiger partial charge in [0.15, 0.2) is 0 Å². The van der Waals surface area contributed by atoms with E-state index < -0.39 is 0 Å². The number of carbonyl (C=O) groups excluding carboxylic acids is 1. The van der Waals surface area contributed by atoms with Gasteiger partial charge >= 0.3 is 0 Å². The summed E-state index contributed by atoms with van der Waals surface area (Å²) < 4.78 is 1.62. The molecule has 116 valence electrons. The molecule has 1 aromatic carbocycles. The number of anilines is 2. The fourth-order valence-electron chi connectivity index (χ4n) is 2.56. The van der Waals surface area contributed by atoms with Gasteiger partial charge in [-0.1, -0.05) is 0 Å². The molecule has 1 aliphatic rings. The second kappa shape index (κ2) is 6.19. The minimum atomic E-state index is -0.138. The van der Waals surface area contributed by atoms with E-state index in [0.29, 0.717) is 5.56 Å². The Balaban J connectivity index is 1.63. The number of rotatable bonds is 3. The van der Waals surface area contributed by atoms with Gasteiger partial charge in [0.2, 0.25) is 0 Å². The molecule has 0 saturated carbocycles. The minimum Gasteiger partial charge on any atom is -0.369 e. The van der Waals surface area contributed by atoms with Gasteiger partial charge < -0.3 is 15.1 Å². The van der Waals surface area contributed by atoms with Crippen LogP contribution in [0, 0.1) is 0 Å². The van der Waals surface area contributed by atoms with Crippen LogP contribution in [0.25, 0.3) is 0 Å². The molecule has 1 amide bonds. The third-order valence-electron chi connectivity index (χ3n) is 3.96. The molecule has 0 radical (unpaired) electrons. The van der Waals surface area contributed by atoms with E-state index in [2.05, 4.69) is 39.4 Å². The Morgan fingerprint density at radius 2 is 1.77 bits per heavy atom. The Morgan fingerprint density at radius 1 is 1.09 bits per heavy atom. The topological polar surface area (TPSA) is 53.4 Å². The first kappa shape index (κ1) is 14.6. The van der Waals surface area contributed by atoms with Gasteiger partial charge in [-0.05, 0) is 31.3 Å². The van der Waals surface area contributed by atoms with Gasteiger partial charge in [-0.15, -0.1) is 0 Å². The number of likely N-dealkylation sites (N-methyl/N-ethyl adjacent to an activating group) is 1. The maximum Gasteiger partial charge on any atom is 0.258 e. The van der Waals surface area contributed by atoms with Crippen LogP contribution in [0.3, 0.4) is 0 Å². The Morgan fingerprint density at radius 3 is 2.36 bits per heavy atom.